The summed E-state index contributed by atoms with van der Waals surface area (Å²) in [5, 5.41) is 0. The third kappa shape index (κ3) is 4.70. The molecule has 0 aliphatic carbocycles. The van der Waals surface area contributed by atoms with E-state index in [-0.39, 0.29) is 0 Å². The molecular weight excluding hydrogens is 344 g/mol. The van der Waals surface area contributed by atoms with Crippen LogP contribution in [-0.2, 0) is 13.0 Å². The molecule has 4 rings (SSSR count). The number of likely N-dealkylation sites (N-methyl/N-ethyl adjacent to an activating group) is 1. The van der Waals surface area contributed by atoms with E-state index in [0.29, 0.717) is 6.04 Å². The standard InChI is InChI=1S/C24H30N4/c1-26(19-23-12-8-17-28(23)24-13-5-6-15-25-24)22-11-7-16-27(20-22)18-14-21-9-3-2-4-10-21/h2-6,8-10,12-13,15,17,22H,7,11,14,16,18-20H2,1H3. The second kappa shape index (κ2) is 9.18. The smallest absolute Gasteiger partial charge is 0.136 e. The van der Waals surface area contributed by atoms with Crippen LogP contribution in [0.4, 0.5) is 0 Å². The summed E-state index contributed by atoms with van der Waals surface area (Å²) in [5.74, 6) is 0.990. The van der Waals surface area contributed by atoms with Crippen LogP contribution in [0.3, 0.4) is 0 Å². The van der Waals surface area contributed by atoms with Gasteiger partial charge >= 0.3 is 0 Å². The summed E-state index contributed by atoms with van der Waals surface area (Å²) in [6.45, 7) is 4.48. The minimum Gasteiger partial charge on any atom is -0.304 e. The van der Waals surface area contributed by atoms with Crippen LogP contribution in [0.2, 0.25) is 0 Å². The maximum atomic E-state index is 4.50. The Hall–Kier alpha value is -2.43. The molecule has 4 nitrogen and oxygen atoms in total. The minimum atomic E-state index is 0.608. The third-order valence-corrected chi connectivity index (χ3v) is 5.80. The lowest BCUT2D eigenvalue weighted by Crippen LogP contribution is -2.46. The molecule has 4 heteroatoms. The van der Waals surface area contributed by atoms with Gasteiger partial charge in [0.05, 0.1) is 0 Å². The van der Waals surface area contributed by atoms with Gasteiger partial charge in [-0.3, -0.25) is 4.90 Å². The van der Waals surface area contributed by atoms with Gasteiger partial charge in [-0.2, -0.15) is 0 Å². The quantitative estimate of drug-likeness (QED) is 0.624. The molecule has 3 heterocycles. The summed E-state index contributed by atoms with van der Waals surface area (Å²) in [6, 6.07) is 21.8. The highest BCUT2D eigenvalue weighted by atomic mass is 15.2. The van der Waals surface area contributed by atoms with Crippen molar-refractivity contribution < 1.29 is 0 Å². The first kappa shape index (κ1) is 18.9. The summed E-state index contributed by atoms with van der Waals surface area (Å²) in [4.78, 5) is 9.65. The number of hydrogen-bond acceptors (Lipinski definition) is 3. The summed E-state index contributed by atoms with van der Waals surface area (Å²) < 4.78 is 2.20. The Kier molecular flexibility index (Phi) is 6.20. The molecule has 146 valence electrons. The molecule has 3 aromatic rings. The first-order valence-corrected chi connectivity index (χ1v) is 10.3. The van der Waals surface area contributed by atoms with Crippen LogP contribution >= 0.6 is 0 Å². The number of rotatable bonds is 7. The largest absolute Gasteiger partial charge is 0.304 e. The molecule has 1 aliphatic heterocycles. The highest BCUT2D eigenvalue weighted by Gasteiger charge is 2.23. The Morgan fingerprint density at radius 1 is 1.04 bits per heavy atom. The van der Waals surface area contributed by atoms with Crippen molar-refractivity contribution in [1.29, 1.82) is 0 Å². The molecule has 0 spiro atoms. The van der Waals surface area contributed by atoms with Crippen LogP contribution < -0.4 is 0 Å². The van der Waals surface area contributed by atoms with Gasteiger partial charge in [-0.15, -0.1) is 0 Å². The molecule has 1 unspecified atom stereocenters. The molecule has 0 saturated carbocycles. The Morgan fingerprint density at radius 3 is 2.71 bits per heavy atom. The van der Waals surface area contributed by atoms with Crippen LogP contribution in [0.1, 0.15) is 24.1 Å². The van der Waals surface area contributed by atoms with Crippen molar-refractivity contribution in [3.05, 3.63) is 84.3 Å². The van der Waals surface area contributed by atoms with Crippen LogP contribution in [0, 0.1) is 0 Å². The number of piperidine rings is 1. The summed E-state index contributed by atoms with van der Waals surface area (Å²) in [5.41, 5.74) is 2.73. The van der Waals surface area contributed by atoms with Gasteiger partial charge < -0.3 is 9.47 Å². The molecule has 0 amide bonds. The number of nitrogens with zero attached hydrogens (tertiary/aromatic N) is 4. The number of hydrogen-bond donors (Lipinski definition) is 0. The average molecular weight is 375 g/mol. The third-order valence-electron chi connectivity index (χ3n) is 5.80. The minimum absolute atomic E-state index is 0.608. The van der Waals surface area contributed by atoms with Crippen molar-refractivity contribution >= 4 is 0 Å². The molecule has 2 aromatic heterocycles. The van der Waals surface area contributed by atoms with Gasteiger partial charge in [0.1, 0.15) is 5.82 Å². The molecular formula is C24H30N4. The molecule has 1 saturated heterocycles. The molecule has 1 fully saturated rings. The van der Waals surface area contributed by atoms with Crippen molar-refractivity contribution in [3.8, 4) is 5.82 Å². The average Bonchev–Trinajstić information content (AvgIpc) is 3.22. The number of benzene rings is 1. The van der Waals surface area contributed by atoms with E-state index in [1.807, 2.05) is 18.3 Å². The number of likely N-dealkylation sites (tertiary alicyclic amines) is 1. The summed E-state index contributed by atoms with van der Waals surface area (Å²) in [7, 11) is 2.27. The molecule has 0 N–H and O–H groups in total. The van der Waals surface area contributed by atoms with E-state index in [1.165, 1.54) is 30.6 Å². The van der Waals surface area contributed by atoms with Crippen LogP contribution in [0.15, 0.2) is 73.1 Å². The molecule has 0 radical (unpaired) electrons. The summed E-state index contributed by atoms with van der Waals surface area (Å²) >= 11 is 0. The number of aromatic nitrogens is 2. The van der Waals surface area contributed by atoms with E-state index in [2.05, 4.69) is 81.1 Å². The van der Waals surface area contributed by atoms with Crippen molar-refractivity contribution in [2.75, 3.05) is 26.7 Å². The Morgan fingerprint density at radius 2 is 1.89 bits per heavy atom. The van der Waals surface area contributed by atoms with E-state index in [0.717, 1.165) is 31.9 Å². The van der Waals surface area contributed by atoms with Gasteiger partial charge in [0.2, 0.25) is 0 Å². The van der Waals surface area contributed by atoms with Crippen LogP contribution in [-0.4, -0.2) is 52.1 Å². The first-order chi connectivity index (χ1) is 13.8. The maximum Gasteiger partial charge on any atom is 0.136 e. The monoisotopic (exact) mass is 374 g/mol. The molecule has 28 heavy (non-hydrogen) atoms. The van der Waals surface area contributed by atoms with Crippen molar-refractivity contribution in [2.45, 2.75) is 31.8 Å². The SMILES string of the molecule is CN(Cc1cccn1-c1ccccn1)C1CCCN(CCc2ccccc2)C1. The fourth-order valence-corrected chi connectivity index (χ4v) is 4.18. The lowest BCUT2D eigenvalue weighted by Gasteiger charge is -2.37. The van der Waals surface area contributed by atoms with Crippen LogP contribution in [0.5, 0.6) is 0 Å². The highest BCUT2D eigenvalue weighted by Crippen LogP contribution is 2.19. The Labute approximate surface area is 168 Å². The van der Waals surface area contributed by atoms with E-state index in [9.17, 15) is 0 Å². The Balaban J connectivity index is 1.35. The molecule has 1 atom stereocenters. The van der Waals surface area contributed by atoms with E-state index in [4.69, 9.17) is 0 Å². The normalized spacial score (nSPS) is 17.9. The van der Waals surface area contributed by atoms with Gasteiger partial charge in [0, 0.05) is 43.8 Å². The lowest BCUT2D eigenvalue weighted by molar-refractivity contribution is 0.111. The zero-order chi connectivity index (χ0) is 19.2. The lowest BCUT2D eigenvalue weighted by atomic mass is 10.0. The molecule has 1 aromatic carbocycles. The predicted octanol–water partition coefficient (Wildman–Crippen LogP) is 4.01. The van der Waals surface area contributed by atoms with E-state index in [1.54, 1.807) is 0 Å². The van der Waals surface area contributed by atoms with Gasteiger partial charge in [-0.1, -0.05) is 36.4 Å². The fraction of sp³-hybridized carbons (Fsp3) is 0.375. The van der Waals surface area contributed by atoms with Crippen LogP contribution in [0.25, 0.3) is 5.82 Å². The van der Waals surface area contributed by atoms with Gasteiger partial charge in [-0.25, -0.2) is 4.98 Å². The van der Waals surface area contributed by atoms with Gasteiger partial charge in [-0.05, 0) is 62.7 Å². The first-order valence-electron chi connectivity index (χ1n) is 10.3. The highest BCUT2D eigenvalue weighted by molar-refractivity contribution is 5.27. The summed E-state index contributed by atoms with van der Waals surface area (Å²) in [6.07, 6.45) is 7.67. The maximum absolute atomic E-state index is 4.50. The second-order valence-electron chi connectivity index (χ2n) is 7.80. The topological polar surface area (TPSA) is 24.3 Å². The predicted molar refractivity (Wildman–Crippen MR) is 115 cm³/mol. The second-order valence-corrected chi connectivity index (χ2v) is 7.80. The molecule has 0 bridgehead atoms. The Bertz CT molecular complexity index is 843. The van der Waals surface area contributed by atoms with Gasteiger partial charge in [0.25, 0.3) is 0 Å². The zero-order valence-corrected chi connectivity index (χ0v) is 16.7. The van der Waals surface area contributed by atoms with E-state index < -0.39 is 0 Å². The molecule has 1 aliphatic rings. The zero-order valence-electron chi connectivity index (χ0n) is 16.7. The fourth-order valence-electron chi connectivity index (χ4n) is 4.18. The van der Waals surface area contributed by atoms with Gasteiger partial charge in [0.15, 0.2) is 0 Å². The van der Waals surface area contributed by atoms with E-state index >= 15 is 0 Å². The van der Waals surface area contributed by atoms with Crippen molar-refractivity contribution in [2.24, 2.45) is 0 Å². The van der Waals surface area contributed by atoms with Crippen molar-refractivity contribution in [1.82, 2.24) is 19.4 Å². The number of pyridine rings is 1. The van der Waals surface area contributed by atoms with Crippen molar-refractivity contribution in [3.63, 3.8) is 0 Å².